The van der Waals surface area contributed by atoms with Crippen LogP contribution in [0.1, 0.15) is 0 Å². The topological polar surface area (TPSA) is 58.8 Å². The predicted molar refractivity (Wildman–Crippen MR) is 137 cm³/mol. The van der Waals surface area contributed by atoms with Crippen molar-refractivity contribution in [3.05, 3.63) is 109 Å². The van der Waals surface area contributed by atoms with Crippen LogP contribution in [0.25, 0.3) is 55.6 Å². The molecule has 7 aromatic rings. The van der Waals surface area contributed by atoms with Gasteiger partial charge in [0, 0.05) is 22.0 Å². The second-order valence-electron chi connectivity index (χ2n) is 8.43. The molecule has 0 fully saturated rings. The first-order valence-corrected chi connectivity index (χ1v) is 11.2. The predicted octanol–water partition coefficient (Wildman–Crippen LogP) is 6.82. The largest absolute Gasteiger partial charge is 0.507 e. The average molecular weight is 441 g/mol. The van der Waals surface area contributed by atoms with Crippen LogP contribution in [0.5, 0.6) is 5.75 Å². The van der Waals surface area contributed by atoms with Crippen molar-refractivity contribution in [2.45, 2.75) is 0 Å². The molecule has 5 nitrogen and oxygen atoms in total. The maximum absolute atomic E-state index is 10.3. The Morgan fingerprint density at radius 1 is 0.676 bits per heavy atom. The number of hydrogen-bond acceptors (Lipinski definition) is 2. The molecule has 0 bridgehead atoms. The average Bonchev–Trinajstić information content (AvgIpc) is 3.59. The van der Waals surface area contributed by atoms with Gasteiger partial charge < -0.3 is 10.1 Å². The molecule has 7 rings (SSSR count). The highest BCUT2D eigenvalue weighted by Gasteiger charge is 2.16. The molecule has 2 N–H and O–H groups in total. The van der Waals surface area contributed by atoms with Gasteiger partial charge in [-0.2, -0.15) is 0 Å². The third-order valence-corrected chi connectivity index (χ3v) is 6.49. The quantitative estimate of drug-likeness (QED) is 0.317. The number of aromatic amines is 1. The molecule has 0 aliphatic heterocycles. The number of nitrogens with zero attached hydrogens (tertiary/aromatic N) is 3. The van der Waals surface area contributed by atoms with Gasteiger partial charge in [-0.25, -0.2) is 4.98 Å². The first-order valence-electron chi connectivity index (χ1n) is 11.2. The Labute approximate surface area is 195 Å². The smallest absolute Gasteiger partial charge is 0.124 e. The number of hydrogen-bond donors (Lipinski definition) is 2. The van der Waals surface area contributed by atoms with E-state index in [9.17, 15) is 5.11 Å². The molecule has 4 aromatic carbocycles. The molecule has 0 radical (unpaired) electrons. The minimum absolute atomic E-state index is 0.257. The maximum atomic E-state index is 10.3. The first kappa shape index (κ1) is 18.8. The van der Waals surface area contributed by atoms with E-state index >= 15 is 0 Å². The molecule has 34 heavy (non-hydrogen) atoms. The van der Waals surface area contributed by atoms with Crippen molar-refractivity contribution in [3.8, 4) is 28.5 Å². The van der Waals surface area contributed by atoms with Crippen LogP contribution in [-0.2, 0) is 0 Å². The molecule has 0 spiro atoms. The molecule has 0 saturated carbocycles. The van der Waals surface area contributed by atoms with Crippen molar-refractivity contribution in [2.75, 3.05) is 0 Å². The second-order valence-corrected chi connectivity index (χ2v) is 8.43. The number of rotatable bonds is 3. The Balaban J connectivity index is 1.48. The Kier molecular flexibility index (Phi) is 3.93. The summed E-state index contributed by atoms with van der Waals surface area (Å²) in [6.07, 6.45) is 1.88. The highest BCUT2D eigenvalue weighted by atomic mass is 16.3. The normalized spacial score (nSPS) is 11.6. The number of H-pyrrole nitrogens is 1. The molecule has 5 heteroatoms. The van der Waals surface area contributed by atoms with E-state index in [1.54, 1.807) is 6.07 Å². The Morgan fingerprint density at radius 3 is 2.35 bits per heavy atom. The Morgan fingerprint density at radius 2 is 1.44 bits per heavy atom. The van der Waals surface area contributed by atoms with E-state index < -0.39 is 0 Å². The summed E-state index contributed by atoms with van der Waals surface area (Å²) in [4.78, 5) is 8.09. The minimum atomic E-state index is 0.257. The fourth-order valence-corrected chi connectivity index (χ4v) is 4.91. The molecule has 162 valence electrons. The summed E-state index contributed by atoms with van der Waals surface area (Å²) in [5.41, 5.74) is 6.97. The number of benzene rings is 4. The first-order chi connectivity index (χ1) is 16.8. The van der Waals surface area contributed by atoms with Crippen molar-refractivity contribution in [2.24, 2.45) is 0 Å². The number of aromatic hydroxyl groups is 1. The lowest BCUT2D eigenvalue weighted by molar-refractivity contribution is 0.477. The molecule has 0 unspecified atom stereocenters. The molecule has 3 heterocycles. The van der Waals surface area contributed by atoms with Gasteiger partial charge in [-0.15, -0.1) is 0 Å². The number of imidazole rings is 1. The number of fused-ring (bicyclic) bond motifs is 4. The minimum Gasteiger partial charge on any atom is -0.507 e. The lowest BCUT2D eigenvalue weighted by Crippen LogP contribution is -1.96. The van der Waals surface area contributed by atoms with Crippen LogP contribution in [0, 0.1) is 0 Å². The van der Waals surface area contributed by atoms with Crippen molar-refractivity contribution < 1.29 is 5.11 Å². The van der Waals surface area contributed by atoms with Crippen LogP contribution in [-0.4, -0.2) is 24.2 Å². The fraction of sp³-hybridized carbons (Fsp3) is 0. The second kappa shape index (κ2) is 7.12. The van der Waals surface area contributed by atoms with Crippen LogP contribution in [0.15, 0.2) is 109 Å². The van der Waals surface area contributed by atoms with E-state index in [-0.39, 0.29) is 5.75 Å². The standard InChI is InChI=1S/C29H20N4O/c34-28-12-6-2-8-22(28)23-15-16-29(31-23)33-25-10-4-1-7-20(25)21-14-13-19(17-27(21)33)32-18-30-24-9-3-5-11-26(24)32/h1-18,31,34H. The van der Waals surface area contributed by atoms with Crippen molar-refractivity contribution >= 4 is 32.8 Å². The molecule has 0 amide bonds. The zero-order chi connectivity index (χ0) is 22.6. The summed E-state index contributed by atoms with van der Waals surface area (Å²) in [5.74, 6) is 1.20. The molecule has 0 atom stereocenters. The molecule has 0 saturated heterocycles. The van der Waals surface area contributed by atoms with Crippen LogP contribution in [0.4, 0.5) is 0 Å². The van der Waals surface area contributed by atoms with E-state index in [0.717, 1.165) is 44.8 Å². The summed E-state index contributed by atoms with van der Waals surface area (Å²) in [5, 5.41) is 12.7. The number of para-hydroxylation sites is 4. The van der Waals surface area contributed by atoms with Crippen LogP contribution < -0.4 is 0 Å². The van der Waals surface area contributed by atoms with E-state index in [2.05, 4.69) is 73.7 Å². The van der Waals surface area contributed by atoms with Crippen LogP contribution in [0.2, 0.25) is 0 Å². The molecule has 0 aliphatic rings. The van der Waals surface area contributed by atoms with E-state index in [1.165, 1.54) is 10.8 Å². The van der Waals surface area contributed by atoms with Gasteiger partial charge in [0.15, 0.2) is 0 Å². The van der Waals surface area contributed by atoms with Crippen LogP contribution >= 0.6 is 0 Å². The highest BCUT2D eigenvalue weighted by molar-refractivity contribution is 6.09. The molecule has 3 aromatic heterocycles. The third kappa shape index (κ3) is 2.70. The summed E-state index contributed by atoms with van der Waals surface area (Å²) < 4.78 is 4.37. The Bertz CT molecular complexity index is 1840. The zero-order valence-electron chi connectivity index (χ0n) is 18.2. The van der Waals surface area contributed by atoms with Crippen LogP contribution in [0.3, 0.4) is 0 Å². The fourth-order valence-electron chi connectivity index (χ4n) is 4.91. The monoisotopic (exact) mass is 440 g/mol. The van der Waals surface area contributed by atoms with Gasteiger partial charge in [0.2, 0.25) is 0 Å². The molecular formula is C29H20N4O. The highest BCUT2D eigenvalue weighted by Crippen LogP contribution is 2.35. The van der Waals surface area contributed by atoms with Crippen molar-refractivity contribution in [1.82, 2.24) is 19.1 Å². The summed E-state index contributed by atoms with van der Waals surface area (Å²) >= 11 is 0. The molecule has 0 aliphatic carbocycles. The lowest BCUT2D eigenvalue weighted by atomic mass is 10.1. The van der Waals surface area contributed by atoms with Gasteiger partial charge in [-0.1, -0.05) is 48.5 Å². The SMILES string of the molecule is Oc1ccccc1-c1ccc(-n2c3ccccc3c3ccc(-n4cnc5ccccc54)cc32)[nH]1. The van der Waals surface area contributed by atoms with Crippen molar-refractivity contribution in [1.29, 1.82) is 0 Å². The Hall–Kier alpha value is -4.77. The summed E-state index contributed by atoms with van der Waals surface area (Å²) in [6, 6.07) is 34.6. The van der Waals surface area contributed by atoms with Gasteiger partial charge in [0.05, 0.1) is 27.8 Å². The lowest BCUT2D eigenvalue weighted by Gasteiger charge is -2.08. The van der Waals surface area contributed by atoms with E-state index in [1.807, 2.05) is 48.8 Å². The van der Waals surface area contributed by atoms with Crippen molar-refractivity contribution in [3.63, 3.8) is 0 Å². The van der Waals surface area contributed by atoms with E-state index in [0.29, 0.717) is 0 Å². The third-order valence-electron chi connectivity index (χ3n) is 6.49. The summed E-state index contributed by atoms with van der Waals surface area (Å²) in [7, 11) is 0. The van der Waals surface area contributed by atoms with Gasteiger partial charge in [-0.05, 0) is 54.6 Å². The number of phenols is 1. The maximum Gasteiger partial charge on any atom is 0.124 e. The van der Waals surface area contributed by atoms with Gasteiger partial charge in [0.1, 0.15) is 17.9 Å². The van der Waals surface area contributed by atoms with Gasteiger partial charge in [0.25, 0.3) is 0 Å². The number of aromatic nitrogens is 4. The summed E-state index contributed by atoms with van der Waals surface area (Å²) in [6.45, 7) is 0. The molecular weight excluding hydrogens is 420 g/mol. The van der Waals surface area contributed by atoms with Gasteiger partial charge >= 0.3 is 0 Å². The number of nitrogens with one attached hydrogen (secondary N) is 1. The van der Waals surface area contributed by atoms with Gasteiger partial charge in [-0.3, -0.25) is 9.13 Å². The zero-order valence-corrected chi connectivity index (χ0v) is 18.2. The van der Waals surface area contributed by atoms with E-state index in [4.69, 9.17) is 0 Å². The number of phenolic OH excluding ortho intramolecular Hbond substituents is 1.